The van der Waals surface area contributed by atoms with Crippen molar-refractivity contribution in [3.63, 3.8) is 0 Å². The Hall–Kier alpha value is -0.770. The van der Waals surface area contributed by atoms with Crippen LogP contribution < -0.4 is 10.6 Å². The minimum atomic E-state index is 0.138. The van der Waals surface area contributed by atoms with Gasteiger partial charge in [0.2, 0.25) is 0 Å². The minimum absolute atomic E-state index is 0.138. The summed E-state index contributed by atoms with van der Waals surface area (Å²) >= 11 is 0. The number of carbonyl (C=O) groups is 1. The molecule has 4 heteroatoms. The lowest BCUT2D eigenvalue weighted by Crippen LogP contribution is -2.49. The summed E-state index contributed by atoms with van der Waals surface area (Å²) in [5.41, 5.74) is 0. The van der Waals surface area contributed by atoms with Crippen LogP contribution in [0.25, 0.3) is 0 Å². The lowest BCUT2D eigenvalue weighted by Gasteiger charge is -2.35. The molecule has 0 radical (unpaired) electrons. The molecule has 1 aliphatic heterocycles. The van der Waals surface area contributed by atoms with Crippen LogP contribution in [0.5, 0.6) is 0 Å². The zero-order valence-corrected chi connectivity index (χ0v) is 11.3. The molecular weight excluding hydrogens is 214 g/mol. The van der Waals surface area contributed by atoms with Gasteiger partial charge >= 0.3 is 6.03 Å². The molecule has 0 spiro atoms. The van der Waals surface area contributed by atoms with Gasteiger partial charge in [-0.1, -0.05) is 13.3 Å². The Morgan fingerprint density at radius 1 is 1.35 bits per heavy atom. The van der Waals surface area contributed by atoms with Crippen molar-refractivity contribution in [2.75, 3.05) is 26.7 Å². The summed E-state index contributed by atoms with van der Waals surface area (Å²) < 4.78 is 0. The molecule has 0 aromatic heterocycles. The molecule has 0 bridgehead atoms. The van der Waals surface area contributed by atoms with E-state index in [-0.39, 0.29) is 6.03 Å². The summed E-state index contributed by atoms with van der Waals surface area (Å²) in [5, 5.41) is 6.19. The lowest BCUT2D eigenvalue weighted by molar-refractivity contribution is 0.146. The van der Waals surface area contributed by atoms with E-state index in [9.17, 15) is 4.79 Å². The van der Waals surface area contributed by atoms with Gasteiger partial charge in [0.1, 0.15) is 0 Å². The smallest absolute Gasteiger partial charge is 0.317 e. The van der Waals surface area contributed by atoms with Crippen molar-refractivity contribution in [3.8, 4) is 0 Å². The van der Waals surface area contributed by atoms with E-state index in [2.05, 4.69) is 17.6 Å². The third-order valence-electron chi connectivity index (χ3n) is 3.42. The summed E-state index contributed by atoms with van der Waals surface area (Å²) in [7, 11) is 1.97. The SMILES string of the molecule is CCCCNC(=O)N1CCCCC1CCNC. The Morgan fingerprint density at radius 3 is 2.88 bits per heavy atom. The highest BCUT2D eigenvalue weighted by Crippen LogP contribution is 2.19. The van der Waals surface area contributed by atoms with Crippen LogP contribution in [0.4, 0.5) is 4.79 Å². The number of rotatable bonds is 6. The van der Waals surface area contributed by atoms with E-state index in [0.717, 1.165) is 51.7 Å². The van der Waals surface area contributed by atoms with E-state index < -0.39 is 0 Å². The molecule has 1 aliphatic rings. The van der Waals surface area contributed by atoms with Crippen LogP contribution in [0.2, 0.25) is 0 Å². The van der Waals surface area contributed by atoms with Gasteiger partial charge in [-0.3, -0.25) is 0 Å². The first-order valence-electron chi connectivity index (χ1n) is 6.98. The standard InChI is InChI=1S/C13H27N3O/c1-3-4-9-15-13(17)16-11-6-5-7-12(16)8-10-14-2/h12,14H,3-11H2,1-2H3,(H,15,17). The summed E-state index contributed by atoms with van der Waals surface area (Å²) in [4.78, 5) is 14.1. The summed E-state index contributed by atoms with van der Waals surface area (Å²) in [5.74, 6) is 0. The molecule has 100 valence electrons. The van der Waals surface area contributed by atoms with Gasteiger partial charge in [-0.25, -0.2) is 4.79 Å². The van der Waals surface area contributed by atoms with Crippen molar-refractivity contribution >= 4 is 6.03 Å². The summed E-state index contributed by atoms with van der Waals surface area (Å²) in [6.45, 7) is 4.86. The number of hydrogen-bond acceptors (Lipinski definition) is 2. The van der Waals surface area contributed by atoms with E-state index in [1.165, 1.54) is 6.42 Å². The quantitative estimate of drug-likeness (QED) is 0.698. The number of hydrogen-bond donors (Lipinski definition) is 2. The fourth-order valence-corrected chi connectivity index (χ4v) is 2.35. The van der Waals surface area contributed by atoms with Gasteiger partial charge in [-0.2, -0.15) is 0 Å². The van der Waals surface area contributed by atoms with E-state index in [1.54, 1.807) is 0 Å². The number of piperidine rings is 1. The number of carbonyl (C=O) groups excluding carboxylic acids is 1. The fourth-order valence-electron chi connectivity index (χ4n) is 2.35. The second-order valence-corrected chi connectivity index (χ2v) is 4.82. The molecule has 1 rings (SSSR count). The van der Waals surface area contributed by atoms with Crippen LogP contribution in [-0.2, 0) is 0 Å². The molecule has 1 unspecified atom stereocenters. The highest BCUT2D eigenvalue weighted by atomic mass is 16.2. The highest BCUT2D eigenvalue weighted by molar-refractivity contribution is 5.74. The van der Waals surface area contributed by atoms with E-state index in [0.29, 0.717) is 6.04 Å². The largest absolute Gasteiger partial charge is 0.338 e. The monoisotopic (exact) mass is 241 g/mol. The summed E-state index contributed by atoms with van der Waals surface area (Å²) in [6.07, 6.45) is 6.83. The number of nitrogens with one attached hydrogen (secondary N) is 2. The Labute approximate surface area is 105 Å². The topological polar surface area (TPSA) is 44.4 Å². The molecule has 0 aromatic carbocycles. The fraction of sp³-hybridized carbons (Fsp3) is 0.923. The predicted molar refractivity (Wildman–Crippen MR) is 71.2 cm³/mol. The highest BCUT2D eigenvalue weighted by Gasteiger charge is 2.25. The van der Waals surface area contributed by atoms with E-state index in [1.807, 2.05) is 11.9 Å². The summed E-state index contributed by atoms with van der Waals surface area (Å²) in [6, 6.07) is 0.567. The Bertz CT molecular complexity index is 221. The molecule has 0 saturated carbocycles. The van der Waals surface area contributed by atoms with Crippen molar-refractivity contribution in [3.05, 3.63) is 0 Å². The number of nitrogens with zero attached hydrogens (tertiary/aromatic N) is 1. The van der Waals surface area contributed by atoms with Gasteiger partial charge in [-0.05, 0) is 45.7 Å². The van der Waals surface area contributed by atoms with Crippen molar-refractivity contribution in [1.29, 1.82) is 0 Å². The van der Waals surface area contributed by atoms with Crippen molar-refractivity contribution in [2.45, 2.75) is 51.5 Å². The van der Waals surface area contributed by atoms with Gasteiger partial charge in [-0.15, -0.1) is 0 Å². The average molecular weight is 241 g/mol. The second kappa shape index (κ2) is 8.34. The van der Waals surface area contributed by atoms with Crippen LogP contribution in [0.3, 0.4) is 0 Å². The Morgan fingerprint density at radius 2 is 2.18 bits per heavy atom. The molecule has 1 fully saturated rings. The third-order valence-corrected chi connectivity index (χ3v) is 3.42. The number of likely N-dealkylation sites (tertiary alicyclic amines) is 1. The molecule has 0 aliphatic carbocycles. The van der Waals surface area contributed by atoms with Gasteiger partial charge < -0.3 is 15.5 Å². The normalized spacial score (nSPS) is 20.4. The molecule has 2 N–H and O–H groups in total. The first kappa shape index (κ1) is 14.3. The zero-order valence-electron chi connectivity index (χ0n) is 11.3. The van der Waals surface area contributed by atoms with Crippen LogP contribution >= 0.6 is 0 Å². The Kier molecular flexibility index (Phi) is 7.01. The molecule has 2 amide bonds. The molecule has 1 saturated heterocycles. The molecule has 17 heavy (non-hydrogen) atoms. The third kappa shape index (κ3) is 4.94. The van der Waals surface area contributed by atoms with Crippen LogP contribution in [-0.4, -0.2) is 43.7 Å². The molecule has 1 heterocycles. The predicted octanol–water partition coefficient (Wildman–Crippen LogP) is 1.96. The zero-order chi connectivity index (χ0) is 12.5. The lowest BCUT2D eigenvalue weighted by atomic mass is 10.00. The number of amides is 2. The van der Waals surface area contributed by atoms with E-state index >= 15 is 0 Å². The first-order valence-corrected chi connectivity index (χ1v) is 6.98. The number of urea groups is 1. The van der Waals surface area contributed by atoms with Gasteiger partial charge in [0, 0.05) is 19.1 Å². The van der Waals surface area contributed by atoms with Crippen molar-refractivity contribution in [1.82, 2.24) is 15.5 Å². The minimum Gasteiger partial charge on any atom is -0.338 e. The maximum absolute atomic E-state index is 12.0. The van der Waals surface area contributed by atoms with Crippen LogP contribution in [0.1, 0.15) is 45.4 Å². The number of unbranched alkanes of at least 4 members (excludes halogenated alkanes) is 1. The molecule has 1 atom stereocenters. The van der Waals surface area contributed by atoms with Crippen LogP contribution in [0, 0.1) is 0 Å². The van der Waals surface area contributed by atoms with Crippen molar-refractivity contribution < 1.29 is 4.79 Å². The van der Waals surface area contributed by atoms with E-state index in [4.69, 9.17) is 0 Å². The molecule has 0 aromatic rings. The van der Waals surface area contributed by atoms with Crippen molar-refractivity contribution in [2.24, 2.45) is 0 Å². The maximum Gasteiger partial charge on any atom is 0.317 e. The maximum atomic E-state index is 12.0. The van der Waals surface area contributed by atoms with Gasteiger partial charge in [0.15, 0.2) is 0 Å². The molecule has 4 nitrogen and oxygen atoms in total. The molecular formula is C13H27N3O. The van der Waals surface area contributed by atoms with Gasteiger partial charge in [0.25, 0.3) is 0 Å². The second-order valence-electron chi connectivity index (χ2n) is 4.82. The first-order chi connectivity index (χ1) is 8.29. The van der Waals surface area contributed by atoms with Gasteiger partial charge in [0.05, 0.1) is 0 Å². The Balaban J connectivity index is 2.37. The van der Waals surface area contributed by atoms with Crippen LogP contribution in [0.15, 0.2) is 0 Å². The average Bonchev–Trinajstić information content (AvgIpc) is 2.37.